The number of carbonyl (C=O) groups is 1. The fourth-order valence-corrected chi connectivity index (χ4v) is 0. The maximum atomic E-state index is 9.37. The second-order valence-electron chi connectivity index (χ2n) is 0.747. The molecule has 0 heterocycles. The van der Waals surface area contributed by atoms with Crippen molar-refractivity contribution in [3.05, 3.63) is 0 Å². The molecule has 0 saturated carbocycles. The Labute approximate surface area is 85.5 Å². The van der Waals surface area contributed by atoms with Crippen LogP contribution >= 0.6 is 0 Å². The van der Waals surface area contributed by atoms with Gasteiger partial charge in [-0.05, 0) is 0 Å². The summed E-state index contributed by atoms with van der Waals surface area (Å²) in [6.45, 7) is 1.60. The summed E-state index contributed by atoms with van der Waals surface area (Å²) in [6, 6.07) is 0. The van der Waals surface area contributed by atoms with Crippen molar-refractivity contribution in [2.24, 2.45) is 0 Å². The molecule has 0 aromatic carbocycles. The minimum atomic E-state index is -0.745. The SMILES string of the molecule is CCC(=O)O.N.[K]. The molecule has 0 unspecified atom stereocenters. The average Bonchev–Trinajstić information content (AvgIpc) is 1.38. The molecule has 4 N–H and O–H groups in total. The molecule has 0 aromatic heterocycles. The molecule has 0 fully saturated rings. The fraction of sp³-hybridized carbons (Fsp3) is 0.667. The molecule has 39 valence electrons. The Balaban J connectivity index is -0.0000000800. The van der Waals surface area contributed by atoms with Gasteiger partial charge in [0.25, 0.3) is 0 Å². The molecule has 1 radical (unpaired) electrons. The maximum Gasteiger partial charge on any atom is 0.303 e. The van der Waals surface area contributed by atoms with Gasteiger partial charge in [-0.15, -0.1) is 0 Å². The summed E-state index contributed by atoms with van der Waals surface area (Å²) in [7, 11) is 0. The van der Waals surface area contributed by atoms with Crippen molar-refractivity contribution >= 4 is 57.4 Å². The Kier molecular flexibility index (Phi) is 22.7. The summed E-state index contributed by atoms with van der Waals surface area (Å²) < 4.78 is 0. The molecule has 0 aliphatic rings. The minimum absolute atomic E-state index is 0. The zero-order valence-electron chi connectivity index (χ0n) is 4.77. The van der Waals surface area contributed by atoms with E-state index in [2.05, 4.69) is 0 Å². The average molecular weight is 130 g/mol. The van der Waals surface area contributed by atoms with Crippen LogP contribution in [-0.4, -0.2) is 62.5 Å². The second kappa shape index (κ2) is 10.1. The number of carboxylic acids is 1. The summed E-state index contributed by atoms with van der Waals surface area (Å²) in [5.74, 6) is -0.745. The quantitative estimate of drug-likeness (QED) is 0.500. The smallest absolute Gasteiger partial charge is 0.303 e. The van der Waals surface area contributed by atoms with Gasteiger partial charge in [-0.2, -0.15) is 0 Å². The van der Waals surface area contributed by atoms with E-state index in [-0.39, 0.29) is 64.0 Å². The van der Waals surface area contributed by atoms with Crippen molar-refractivity contribution < 1.29 is 9.90 Å². The Bertz CT molecular complexity index is 48.2. The summed E-state index contributed by atoms with van der Waals surface area (Å²) in [5, 5.41) is 7.72. The van der Waals surface area contributed by atoms with Crippen molar-refractivity contribution in [1.29, 1.82) is 0 Å². The first-order chi connectivity index (χ1) is 2.27. The van der Waals surface area contributed by atoms with Gasteiger partial charge in [0.05, 0.1) is 0 Å². The number of carboxylic acid groups (broad SMARTS) is 1. The maximum absolute atomic E-state index is 9.37. The molecule has 0 rings (SSSR count). The van der Waals surface area contributed by atoms with E-state index in [0.29, 0.717) is 0 Å². The van der Waals surface area contributed by atoms with E-state index in [9.17, 15) is 4.79 Å². The van der Waals surface area contributed by atoms with Crippen molar-refractivity contribution in [3.63, 3.8) is 0 Å². The van der Waals surface area contributed by atoms with Crippen LogP contribution in [0.15, 0.2) is 0 Å². The van der Waals surface area contributed by atoms with Crippen LogP contribution in [0.2, 0.25) is 0 Å². The molecular weight excluding hydrogens is 121 g/mol. The predicted molar refractivity (Wildman–Crippen MR) is 28.7 cm³/mol. The van der Waals surface area contributed by atoms with Gasteiger partial charge in [0.1, 0.15) is 0 Å². The molecule has 3 nitrogen and oxygen atoms in total. The Morgan fingerprint density at radius 1 is 1.71 bits per heavy atom. The van der Waals surface area contributed by atoms with Crippen molar-refractivity contribution in [2.75, 3.05) is 0 Å². The topological polar surface area (TPSA) is 72.3 Å². The van der Waals surface area contributed by atoms with E-state index in [1.165, 1.54) is 0 Å². The summed E-state index contributed by atoms with van der Waals surface area (Å²) in [5.41, 5.74) is 0. The van der Waals surface area contributed by atoms with Crippen LogP contribution in [0.4, 0.5) is 0 Å². The van der Waals surface area contributed by atoms with Crippen LogP contribution in [0, 0.1) is 0 Å². The first-order valence-electron chi connectivity index (χ1n) is 1.49. The molecule has 0 saturated heterocycles. The number of aliphatic carboxylic acids is 1. The van der Waals surface area contributed by atoms with Crippen molar-refractivity contribution in [3.8, 4) is 0 Å². The third-order valence-corrected chi connectivity index (χ3v) is 0.302. The van der Waals surface area contributed by atoms with Crippen LogP contribution in [0.5, 0.6) is 0 Å². The van der Waals surface area contributed by atoms with Crippen molar-refractivity contribution in [2.45, 2.75) is 13.3 Å². The van der Waals surface area contributed by atoms with Gasteiger partial charge in [-0.1, -0.05) is 6.92 Å². The monoisotopic (exact) mass is 130 g/mol. The zero-order chi connectivity index (χ0) is 4.28. The van der Waals surface area contributed by atoms with Gasteiger partial charge in [-0.25, -0.2) is 0 Å². The van der Waals surface area contributed by atoms with Crippen LogP contribution in [0.3, 0.4) is 0 Å². The molecule has 0 aliphatic heterocycles. The van der Waals surface area contributed by atoms with Gasteiger partial charge in [0.15, 0.2) is 0 Å². The molecule has 4 heteroatoms. The van der Waals surface area contributed by atoms with E-state index >= 15 is 0 Å². The fourth-order valence-electron chi connectivity index (χ4n) is 0. The zero-order valence-corrected chi connectivity index (χ0v) is 7.89. The standard InChI is InChI=1S/C3H6O2.K.H3N/c1-2-3(4)5;;/h2H2,1H3,(H,4,5);;1H3. The van der Waals surface area contributed by atoms with Gasteiger partial charge >= 0.3 is 5.97 Å². The molecule has 0 bridgehead atoms. The van der Waals surface area contributed by atoms with Crippen LogP contribution in [0.1, 0.15) is 13.3 Å². The number of hydrogen-bond acceptors (Lipinski definition) is 2. The van der Waals surface area contributed by atoms with Crippen molar-refractivity contribution in [1.82, 2.24) is 6.15 Å². The van der Waals surface area contributed by atoms with E-state index in [0.717, 1.165) is 0 Å². The van der Waals surface area contributed by atoms with E-state index < -0.39 is 5.97 Å². The molecule has 0 spiro atoms. The number of rotatable bonds is 1. The van der Waals surface area contributed by atoms with Gasteiger partial charge in [0.2, 0.25) is 0 Å². The van der Waals surface area contributed by atoms with Gasteiger partial charge in [0, 0.05) is 57.8 Å². The third kappa shape index (κ3) is 19.3. The van der Waals surface area contributed by atoms with Gasteiger partial charge < -0.3 is 11.3 Å². The number of hydrogen-bond donors (Lipinski definition) is 2. The predicted octanol–water partition coefficient (Wildman–Crippen LogP) is 0.262. The van der Waals surface area contributed by atoms with E-state index in [4.69, 9.17) is 5.11 Å². The minimum Gasteiger partial charge on any atom is -0.481 e. The van der Waals surface area contributed by atoms with Gasteiger partial charge in [-0.3, -0.25) is 4.79 Å². The van der Waals surface area contributed by atoms with E-state index in [1.54, 1.807) is 6.92 Å². The van der Waals surface area contributed by atoms with E-state index in [1.807, 2.05) is 0 Å². The Hall–Kier alpha value is 1.07. The second-order valence-corrected chi connectivity index (χ2v) is 0.747. The third-order valence-electron chi connectivity index (χ3n) is 0.302. The largest absolute Gasteiger partial charge is 0.481 e. The summed E-state index contributed by atoms with van der Waals surface area (Å²) >= 11 is 0. The van der Waals surface area contributed by atoms with Crippen LogP contribution in [-0.2, 0) is 4.79 Å². The Morgan fingerprint density at radius 3 is 1.86 bits per heavy atom. The molecule has 0 atom stereocenters. The normalized spacial score (nSPS) is 5.29. The molecule has 7 heavy (non-hydrogen) atoms. The summed E-state index contributed by atoms with van der Waals surface area (Å²) in [6.07, 6.45) is 0.222. The molecular formula is C3H9KNO2. The first-order valence-corrected chi connectivity index (χ1v) is 1.49. The molecule has 0 aliphatic carbocycles. The first kappa shape index (κ1) is 15.7. The summed E-state index contributed by atoms with van der Waals surface area (Å²) in [4.78, 5) is 9.37. The van der Waals surface area contributed by atoms with Crippen LogP contribution in [0.25, 0.3) is 0 Å². The Morgan fingerprint density at radius 2 is 1.86 bits per heavy atom. The van der Waals surface area contributed by atoms with Crippen LogP contribution < -0.4 is 6.15 Å². The molecule has 0 aromatic rings. The molecule has 0 amide bonds.